The molecule has 1 aromatic heterocycles. The van der Waals surface area contributed by atoms with Crippen LogP contribution in [0.25, 0.3) is 11.0 Å². The average molecular weight is 363 g/mol. The summed E-state index contributed by atoms with van der Waals surface area (Å²) in [4.78, 5) is 28.6. The lowest BCUT2D eigenvalue weighted by atomic mass is 9.82. The van der Waals surface area contributed by atoms with E-state index in [-0.39, 0.29) is 19.0 Å². The molecule has 0 fully saturated rings. The smallest absolute Gasteiger partial charge is 0.311 e. The number of fused-ring (bicyclic) bond motifs is 1. The summed E-state index contributed by atoms with van der Waals surface area (Å²) in [7, 11) is 0. The highest BCUT2D eigenvalue weighted by molar-refractivity contribution is 7.97. The van der Waals surface area contributed by atoms with Gasteiger partial charge in [-0.3, -0.25) is 9.59 Å². The number of aliphatic carboxylic acids is 1. The largest absolute Gasteiger partial charge is 0.481 e. The van der Waals surface area contributed by atoms with E-state index in [0.717, 1.165) is 16.9 Å². The Morgan fingerprint density at radius 3 is 2.56 bits per heavy atom. The van der Waals surface area contributed by atoms with E-state index < -0.39 is 11.4 Å². The molecule has 1 heterocycles. The van der Waals surface area contributed by atoms with Crippen LogP contribution in [0.5, 0.6) is 0 Å². The van der Waals surface area contributed by atoms with Gasteiger partial charge in [0.2, 0.25) is 5.91 Å². The maximum absolute atomic E-state index is 12.5. The van der Waals surface area contributed by atoms with Crippen LogP contribution in [-0.4, -0.2) is 39.3 Å². The second-order valence-electron chi connectivity index (χ2n) is 6.11. The minimum atomic E-state index is -0.908. The van der Waals surface area contributed by atoms with Gasteiger partial charge in [0.1, 0.15) is 12.4 Å². The number of nitrogens with zero attached hydrogens (tertiary/aromatic N) is 2. The summed E-state index contributed by atoms with van der Waals surface area (Å²) in [6.07, 6.45) is 2.95. The standard InChI is InChI=1S/C18H25N3O3S/c1-4-18(5-2,17(23)24)12-19-16(22)10-21-14-9-7-6-8-13(14)20-15(21)11-25-3/h6-9H,4-5,10-12H2,1-3H3,(H,19,22)(H,23,24). The fourth-order valence-corrected chi connectivity index (χ4v) is 3.37. The number of hydrogen-bond donors (Lipinski definition) is 2. The summed E-state index contributed by atoms with van der Waals surface area (Å²) in [5, 5.41) is 12.3. The Hall–Kier alpha value is -2.02. The predicted octanol–water partition coefficient (Wildman–Crippen LogP) is 2.91. The zero-order valence-corrected chi connectivity index (χ0v) is 15.7. The molecule has 6 nitrogen and oxygen atoms in total. The van der Waals surface area contributed by atoms with Crippen molar-refractivity contribution in [3.8, 4) is 0 Å². The number of aromatic nitrogens is 2. The minimum absolute atomic E-state index is 0.138. The van der Waals surface area contributed by atoms with E-state index in [2.05, 4.69) is 10.3 Å². The number of para-hydroxylation sites is 2. The zero-order chi connectivity index (χ0) is 18.4. The van der Waals surface area contributed by atoms with Crippen molar-refractivity contribution in [3.05, 3.63) is 30.1 Å². The van der Waals surface area contributed by atoms with Crippen molar-refractivity contribution in [2.24, 2.45) is 5.41 Å². The molecule has 0 aliphatic heterocycles. The van der Waals surface area contributed by atoms with E-state index in [0.29, 0.717) is 18.6 Å². The molecule has 2 aromatic rings. The Bertz CT molecular complexity index is 753. The second-order valence-corrected chi connectivity index (χ2v) is 6.97. The lowest BCUT2D eigenvalue weighted by Crippen LogP contribution is -2.43. The highest BCUT2D eigenvalue weighted by Gasteiger charge is 2.35. The first-order chi connectivity index (χ1) is 12.0. The van der Waals surface area contributed by atoms with Gasteiger partial charge in [-0.2, -0.15) is 11.8 Å². The first kappa shape index (κ1) is 19.3. The third-order valence-electron chi connectivity index (χ3n) is 4.74. The number of carboxylic acids is 1. The summed E-state index contributed by atoms with van der Waals surface area (Å²) in [5.74, 6) is 0.497. The van der Waals surface area contributed by atoms with Gasteiger partial charge in [-0.15, -0.1) is 0 Å². The van der Waals surface area contributed by atoms with Gasteiger partial charge < -0.3 is 15.0 Å². The topological polar surface area (TPSA) is 84.2 Å². The average Bonchev–Trinajstić information content (AvgIpc) is 2.94. The molecule has 7 heteroatoms. The van der Waals surface area contributed by atoms with E-state index in [1.807, 2.05) is 48.9 Å². The molecule has 0 aliphatic rings. The molecule has 0 saturated carbocycles. The van der Waals surface area contributed by atoms with E-state index in [9.17, 15) is 14.7 Å². The number of carboxylic acid groups (broad SMARTS) is 1. The molecule has 0 bridgehead atoms. The van der Waals surface area contributed by atoms with E-state index >= 15 is 0 Å². The molecule has 2 rings (SSSR count). The number of nitrogens with one attached hydrogen (secondary N) is 1. The molecule has 0 atom stereocenters. The van der Waals surface area contributed by atoms with Crippen LogP contribution in [0.3, 0.4) is 0 Å². The Morgan fingerprint density at radius 2 is 1.96 bits per heavy atom. The maximum Gasteiger partial charge on any atom is 0.311 e. The van der Waals surface area contributed by atoms with Crippen LogP contribution in [0.2, 0.25) is 0 Å². The maximum atomic E-state index is 12.5. The molecule has 1 amide bonds. The van der Waals surface area contributed by atoms with Crippen LogP contribution in [0.4, 0.5) is 0 Å². The lowest BCUT2D eigenvalue weighted by molar-refractivity contribution is -0.149. The van der Waals surface area contributed by atoms with Gasteiger partial charge in [0, 0.05) is 6.54 Å². The summed E-state index contributed by atoms with van der Waals surface area (Å²) in [6, 6.07) is 7.72. The number of rotatable bonds is 9. The fraction of sp³-hybridized carbons (Fsp3) is 0.500. The van der Waals surface area contributed by atoms with E-state index in [1.54, 1.807) is 11.8 Å². The van der Waals surface area contributed by atoms with Crippen LogP contribution >= 0.6 is 11.8 Å². The molecule has 136 valence electrons. The Morgan fingerprint density at radius 1 is 1.28 bits per heavy atom. The van der Waals surface area contributed by atoms with Gasteiger partial charge >= 0.3 is 5.97 Å². The van der Waals surface area contributed by atoms with Crippen LogP contribution in [-0.2, 0) is 21.9 Å². The molecule has 0 aliphatic carbocycles. The number of imidazole rings is 1. The van der Waals surface area contributed by atoms with Crippen molar-refractivity contribution in [1.82, 2.24) is 14.9 Å². The first-order valence-corrected chi connectivity index (χ1v) is 9.80. The summed E-state index contributed by atoms with van der Waals surface area (Å²) in [6.45, 7) is 3.95. The fourth-order valence-electron chi connectivity index (χ4n) is 2.89. The molecule has 0 spiro atoms. The number of thioether (sulfide) groups is 1. The van der Waals surface area contributed by atoms with Crippen molar-refractivity contribution in [1.29, 1.82) is 0 Å². The van der Waals surface area contributed by atoms with Gasteiger partial charge in [-0.1, -0.05) is 26.0 Å². The van der Waals surface area contributed by atoms with Crippen molar-refractivity contribution in [2.45, 2.75) is 39.0 Å². The van der Waals surface area contributed by atoms with Crippen molar-refractivity contribution in [3.63, 3.8) is 0 Å². The van der Waals surface area contributed by atoms with Crippen molar-refractivity contribution < 1.29 is 14.7 Å². The molecular weight excluding hydrogens is 338 g/mol. The van der Waals surface area contributed by atoms with Gasteiger partial charge in [-0.25, -0.2) is 4.98 Å². The van der Waals surface area contributed by atoms with Gasteiger partial charge in [0.05, 0.1) is 22.2 Å². The van der Waals surface area contributed by atoms with E-state index in [4.69, 9.17) is 0 Å². The van der Waals surface area contributed by atoms with E-state index in [1.165, 1.54) is 0 Å². The first-order valence-electron chi connectivity index (χ1n) is 8.40. The molecule has 1 aromatic carbocycles. The third-order valence-corrected chi connectivity index (χ3v) is 5.29. The van der Waals surface area contributed by atoms with Crippen molar-refractivity contribution in [2.75, 3.05) is 12.8 Å². The lowest BCUT2D eigenvalue weighted by Gasteiger charge is -2.26. The number of amides is 1. The highest BCUT2D eigenvalue weighted by atomic mass is 32.2. The van der Waals surface area contributed by atoms with Crippen LogP contribution < -0.4 is 5.32 Å². The Balaban J connectivity index is 2.16. The van der Waals surface area contributed by atoms with Gasteiger partial charge in [0.25, 0.3) is 0 Å². The van der Waals surface area contributed by atoms with Crippen molar-refractivity contribution >= 4 is 34.7 Å². The molecule has 25 heavy (non-hydrogen) atoms. The highest BCUT2D eigenvalue weighted by Crippen LogP contribution is 2.25. The second kappa shape index (κ2) is 8.38. The summed E-state index contributed by atoms with van der Waals surface area (Å²) >= 11 is 1.65. The number of hydrogen-bond acceptors (Lipinski definition) is 4. The van der Waals surface area contributed by atoms with Gasteiger partial charge in [0.15, 0.2) is 0 Å². The van der Waals surface area contributed by atoms with Crippen LogP contribution in [0, 0.1) is 5.41 Å². The Labute approximate surface area is 152 Å². The summed E-state index contributed by atoms with van der Waals surface area (Å²) in [5.41, 5.74) is 0.868. The monoisotopic (exact) mass is 363 g/mol. The molecular formula is C18H25N3O3S. The number of carbonyl (C=O) groups is 2. The minimum Gasteiger partial charge on any atom is -0.481 e. The number of benzene rings is 1. The Kier molecular flexibility index (Phi) is 6.47. The normalized spacial score (nSPS) is 11.6. The molecule has 0 unspecified atom stereocenters. The number of carbonyl (C=O) groups excluding carboxylic acids is 1. The SMILES string of the molecule is CCC(CC)(CNC(=O)Cn1c(CSC)nc2ccccc21)C(=O)O. The summed E-state index contributed by atoms with van der Waals surface area (Å²) < 4.78 is 1.90. The molecule has 0 saturated heterocycles. The quantitative estimate of drug-likeness (QED) is 0.716. The van der Waals surface area contributed by atoms with Gasteiger partial charge in [-0.05, 0) is 31.2 Å². The zero-order valence-electron chi connectivity index (χ0n) is 14.9. The molecule has 2 N–H and O–H groups in total. The van der Waals surface area contributed by atoms with Crippen LogP contribution in [0.15, 0.2) is 24.3 Å². The third kappa shape index (κ3) is 4.15. The predicted molar refractivity (Wildman–Crippen MR) is 101 cm³/mol. The van der Waals surface area contributed by atoms with Crippen LogP contribution in [0.1, 0.15) is 32.5 Å². The molecule has 0 radical (unpaired) electrons.